The number of hydrogen-bond acceptors (Lipinski definition) is 3. The molecule has 0 saturated carbocycles. The zero-order valence-corrected chi connectivity index (χ0v) is 7.60. The molecule has 0 aliphatic heterocycles. The van der Waals surface area contributed by atoms with Gasteiger partial charge in [-0.1, -0.05) is 6.07 Å². The van der Waals surface area contributed by atoms with Crippen LogP contribution in [0, 0.1) is 0 Å². The van der Waals surface area contributed by atoms with Crippen LogP contribution >= 0.6 is 0 Å². The van der Waals surface area contributed by atoms with Crippen molar-refractivity contribution in [3.8, 4) is 5.75 Å². The molecule has 0 fully saturated rings. The van der Waals surface area contributed by atoms with Gasteiger partial charge in [-0.05, 0) is 24.6 Å². The summed E-state index contributed by atoms with van der Waals surface area (Å²) in [6, 6.07) is 4.21. The van der Waals surface area contributed by atoms with Gasteiger partial charge in [0.15, 0.2) is 6.29 Å². The van der Waals surface area contributed by atoms with E-state index >= 15 is 0 Å². The number of phenolic OH excluding ortho intramolecular Hbond substituents is 1. The third-order valence-corrected chi connectivity index (χ3v) is 2.05. The Kier molecular flexibility index (Phi) is 2.86. The second-order valence-corrected chi connectivity index (χ2v) is 3.00. The van der Waals surface area contributed by atoms with Crippen LogP contribution in [-0.2, 0) is 4.79 Å². The summed E-state index contributed by atoms with van der Waals surface area (Å²) in [5.74, 6) is -1.85. The minimum absolute atomic E-state index is 0.159. The zero-order chi connectivity index (χ0) is 10.7. The molecule has 0 saturated heterocycles. The second kappa shape index (κ2) is 3.91. The molecular weight excluding hydrogens is 184 g/mol. The van der Waals surface area contributed by atoms with E-state index in [1.54, 1.807) is 0 Å². The first-order chi connectivity index (χ1) is 6.56. The van der Waals surface area contributed by atoms with E-state index < -0.39 is 11.9 Å². The highest BCUT2D eigenvalue weighted by atomic mass is 16.4. The number of phenols is 1. The molecule has 1 aromatic carbocycles. The van der Waals surface area contributed by atoms with Crippen LogP contribution in [0.3, 0.4) is 0 Å². The molecule has 2 N–H and O–H groups in total. The van der Waals surface area contributed by atoms with E-state index in [1.807, 2.05) is 0 Å². The van der Waals surface area contributed by atoms with Crippen molar-refractivity contribution >= 4 is 12.3 Å². The minimum Gasteiger partial charge on any atom is -0.507 e. The van der Waals surface area contributed by atoms with Crippen molar-refractivity contribution in [3.63, 3.8) is 0 Å². The lowest BCUT2D eigenvalue weighted by atomic mass is 10.00. The van der Waals surface area contributed by atoms with Crippen molar-refractivity contribution in [1.82, 2.24) is 0 Å². The molecule has 1 rings (SSSR count). The Labute approximate surface area is 80.8 Å². The third-order valence-electron chi connectivity index (χ3n) is 2.05. The van der Waals surface area contributed by atoms with Crippen LogP contribution in [0.1, 0.15) is 28.8 Å². The predicted molar refractivity (Wildman–Crippen MR) is 49.5 cm³/mol. The summed E-state index contributed by atoms with van der Waals surface area (Å²) < 4.78 is 0. The average Bonchev–Trinajstić information content (AvgIpc) is 2.16. The van der Waals surface area contributed by atoms with Crippen LogP contribution in [0.25, 0.3) is 0 Å². The van der Waals surface area contributed by atoms with E-state index in [4.69, 9.17) is 5.11 Å². The first-order valence-electron chi connectivity index (χ1n) is 4.07. The number of aliphatic carboxylic acids is 1. The Morgan fingerprint density at radius 1 is 1.50 bits per heavy atom. The maximum atomic E-state index is 10.6. The van der Waals surface area contributed by atoms with Gasteiger partial charge in [-0.15, -0.1) is 0 Å². The lowest BCUT2D eigenvalue weighted by molar-refractivity contribution is -0.138. The largest absolute Gasteiger partial charge is 0.507 e. The van der Waals surface area contributed by atoms with Gasteiger partial charge in [0.25, 0.3) is 0 Å². The highest BCUT2D eigenvalue weighted by Crippen LogP contribution is 2.22. The standard InChI is InChI=1S/C10H10O4/c1-6(10(13)14)7-2-3-8(5-11)9(12)4-7/h2-6,12H,1H3,(H,13,14). The van der Waals surface area contributed by atoms with Crippen LogP contribution in [-0.4, -0.2) is 22.5 Å². The van der Waals surface area contributed by atoms with Gasteiger partial charge in [0.05, 0.1) is 11.5 Å². The van der Waals surface area contributed by atoms with Gasteiger partial charge in [-0.25, -0.2) is 0 Å². The van der Waals surface area contributed by atoms with Crippen molar-refractivity contribution in [2.24, 2.45) is 0 Å². The fraction of sp³-hybridized carbons (Fsp3) is 0.200. The lowest BCUT2D eigenvalue weighted by Crippen LogP contribution is -2.07. The monoisotopic (exact) mass is 194 g/mol. The molecule has 0 aromatic heterocycles. The smallest absolute Gasteiger partial charge is 0.310 e. The molecule has 0 heterocycles. The van der Waals surface area contributed by atoms with E-state index in [0.717, 1.165) is 0 Å². The van der Waals surface area contributed by atoms with Crippen molar-refractivity contribution in [2.45, 2.75) is 12.8 Å². The van der Waals surface area contributed by atoms with Crippen LogP contribution in [0.4, 0.5) is 0 Å². The topological polar surface area (TPSA) is 74.6 Å². The quantitative estimate of drug-likeness (QED) is 0.713. The van der Waals surface area contributed by atoms with Crippen molar-refractivity contribution in [1.29, 1.82) is 0 Å². The Hall–Kier alpha value is -1.84. The number of carbonyl (C=O) groups is 2. The summed E-state index contributed by atoms with van der Waals surface area (Å²) in [5.41, 5.74) is 0.631. The molecule has 4 heteroatoms. The van der Waals surface area contributed by atoms with Gasteiger partial charge in [0.1, 0.15) is 5.75 Å². The van der Waals surface area contributed by atoms with Crippen LogP contribution in [0.5, 0.6) is 5.75 Å². The summed E-state index contributed by atoms with van der Waals surface area (Å²) in [4.78, 5) is 21.0. The van der Waals surface area contributed by atoms with Gasteiger partial charge >= 0.3 is 5.97 Å². The highest BCUT2D eigenvalue weighted by molar-refractivity contribution is 5.81. The Bertz CT molecular complexity index is 370. The number of carbonyl (C=O) groups excluding carboxylic acids is 1. The zero-order valence-electron chi connectivity index (χ0n) is 7.60. The molecule has 0 spiro atoms. The summed E-state index contributed by atoms with van der Waals surface area (Å²) in [7, 11) is 0. The molecule has 1 unspecified atom stereocenters. The SMILES string of the molecule is CC(C(=O)O)c1ccc(C=O)c(O)c1. The van der Waals surface area contributed by atoms with Crippen molar-refractivity contribution in [2.75, 3.05) is 0 Å². The Balaban J connectivity index is 3.08. The molecule has 14 heavy (non-hydrogen) atoms. The van der Waals surface area contributed by atoms with Gasteiger partial charge in [-0.2, -0.15) is 0 Å². The van der Waals surface area contributed by atoms with E-state index in [9.17, 15) is 14.7 Å². The molecule has 1 atom stereocenters. The van der Waals surface area contributed by atoms with Crippen molar-refractivity contribution in [3.05, 3.63) is 29.3 Å². The minimum atomic E-state index is -0.969. The van der Waals surface area contributed by atoms with Gasteiger partial charge < -0.3 is 10.2 Å². The van der Waals surface area contributed by atoms with E-state index in [-0.39, 0.29) is 11.3 Å². The second-order valence-electron chi connectivity index (χ2n) is 3.00. The third kappa shape index (κ3) is 1.90. The maximum Gasteiger partial charge on any atom is 0.310 e. The number of hydrogen-bond donors (Lipinski definition) is 2. The number of carboxylic acids is 1. The molecule has 0 aliphatic rings. The summed E-state index contributed by atoms with van der Waals surface area (Å²) in [6.07, 6.45) is 0.518. The number of rotatable bonds is 3. The highest BCUT2D eigenvalue weighted by Gasteiger charge is 2.14. The average molecular weight is 194 g/mol. The van der Waals surface area contributed by atoms with Gasteiger partial charge in [-0.3, -0.25) is 9.59 Å². The molecular formula is C10H10O4. The van der Waals surface area contributed by atoms with E-state index in [2.05, 4.69) is 0 Å². The summed E-state index contributed by atoms with van der Waals surface area (Å²) in [5, 5.41) is 18.0. The molecule has 0 amide bonds. The number of aromatic hydroxyl groups is 1. The van der Waals surface area contributed by atoms with Gasteiger partial charge in [0, 0.05) is 0 Å². The van der Waals surface area contributed by atoms with Crippen LogP contribution in [0.2, 0.25) is 0 Å². The van der Waals surface area contributed by atoms with E-state index in [0.29, 0.717) is 11.8 Å². The van der Waals surface area contributed by atoms with E-state index in [1.165, 1.54) is 25.1 Å². The predicted octanol–water partition coefficient (Wildman–Crippen LogP) is 1.39. The number of carboxylic acid groups (broad SMARTS) is 1. The van der Waals surface area contributed by atoms with Crippen molar-refractivity contribution < 1.29 is 19.8 Å². The Morgan fingerprint density at radius 2 is 2.14 bits per heavy atom. The summed E-state index contributed by atoms with van der Waals surface area (Å²) in [6.45, 7) is 1.51. The fourth-order valence-electron chi connectivity index (χ4n) is 1.07. The lowest BCUT2D eigenvalue weighted by Gasteiger charge is -2.07. The van der Waals surface area contributed by atoms with Gasteiger partial charge in [0.2, 0.25) is 0 Å². The van der Waals surface area contributed by atoms with Crippen LogP contribution < -0.4 is 0 Å². The molecule has 0 aliphatic carbocycles. The molecule has 1 aromatic rings. The first-order valence-corrected chi connectivity index (χ1v) is 4.07. The number of benzene rings is 1. The summed E-state index contributed by atoms with van der Waals surface area (Å²) >= 11 is 0. The normalized spacial score (nSPS) is 12.1. The Morgan fingerprint density at radius 3 is 2.57 bits per heavy atom. The maximum absolute atomic E-state index is 10.6. The van der Waals surface area contributed by atoms with Crippen LogP contribution in [0.15, 0.2) is 18.2 Å². The molecule has 4 nitrogen and oxygen atoms in total. The molecule has 0 bridgehead atoms. The molecule has 0 radical (unpaired) electrons. The number of aldehydes is 1. The fourth-order valence-corrected chi connectivity index (χ4v) is 1.07. The molecule has 74 valence electrons. The first kappa shape index (κ1) is 10.2.